The van der Waals surface area contributed by atoms with E-state index in [1.165, 1.54) is 6.07 Å². The first-order valence-electron chi connectivity index (χ1n) is 10.0. The maximum atomic E-state index is 14.2. The van der Waals surface area contributed by atoms with E-state index in [0.717, 1.165) is 55.5 Å². The normalized spacial score (nSPS) is 22.1. The van der Waals surface area contributed by atoms with Crippen molar-refractivity contribution in [1.29, 1.82) is 0 Å². The second kappa shape index (κ2) is 8.46. The lowest BCUT2D eigenvalue weighted by molar-refractivity contribution is -0.137. The van der Waals surface area contributed by atoms with Crippen LogP contribution >= 0.6 is 23.4 Å². The van der Waals surface area contributed by atoms with E-state index < -0.39 is 5.41 Å². The highest BCUT2D eigenvalue weighted by atomic mass is 35.5. The lowest BCUT2D eigenvalue weighted by Gasteiger charge is -2.34. The Hall–Kier alpha value is -1.52. The van der Waals surface area contributed by atoms with Gasteiger partial charge in [-0.3, -0.25) is 4.79 Å². The lowest BCUT2D eigenvalue weighted by Crippen LogP contribution is -2.46. The SMILES string of the molecule is O=C(N1CCSC(c2ccccc2F)CC1)C1(c2ccc(Cl)cc2)CCCC1. The fourth-order valence-electron chi connectivity index (χ4n) is 4.63. The van der Waals surface area contributed by atoms with Crippen molar-refractivity contribution in [1.82, 2.24) is 4.90 Å². The third kappa shape index (κ3) is 3.81. The van der Waals surface area contributed by atoms with E-state index in [0.29, 0.717) is 11.6 Å². The van der Waals surface area contributed by atoms with Gasteiger partial charge in [-0.05, 0) is 43.0 Å². The first-order chi connectivity index (χ1) is 13.6. The molecule has 1 unspecified atom stereocenters. The maximum Gasteiger partial charge on any atom is 0.233 e. The molecule has 2 fully saturated rings. The molecule has 1 amide bonds. The average molecular weight is 418 g/mol. The van der Waals surface area contributed by atoms with Crippen molar-refractivity contribution >= 4 is 29.3 Å². The van der Waals surface area contributed by atoms with E-state index in [-0.39, 0.29) is 17.0 Å². The Morgan fingerprint density at radius 3 is 2.50 bits per heavy atom. The number of rotatable bonds is 3. The second-order valence-corrected chi connectivity index (χ2v) is 9.50. The first-order valence-corrected chi connectivity index (χ1v) is 11.4. The molecule has 0 aromatic heterocycles. The highest BCUT2D eigenvalue weighted by molar-refractivity contribution is 7.99. The zero-order valence-corrected chi connectivity index (χ0v) is 17.4. The van der Waals surface area contributed by atoms with Gasteiger partial charge in [0, 0.05) is 34.7 Å². The summed E-state index contributed by atoms with van der Waals surface area (Å²) in [6.45, 7) is 1.41. The van der Waals surface area contributed by atoms with Crippen molar-refractivity contribution in [2.45, 2.75) is 42.8 Å². The number of benzene rings is 2. The van der Waals surface area contributed by atoms with E-state index in [1.807, 2.05) is 41.3 Å². The van der Waals surface area contributed by atoms with Gasteiger partial charge in [0.05, 0.1) is 5.41 Å². The molecule has 2 aromatic rings. The number of thioether (sulfide) groups is 1. The predicted octanol–water partition coefficient (Wildman–Crippen LogP) is 6.00. The summed E-state index contributed by atoms with van der Waals surface area (Å²) < 4.78 is 14.2. The fraction of sp³-hybridized carbons (Fsp3) is 0.435. The number of carbonyl (C=O) groups excluding carboxylic acids is 1. The van der Waals surface area contributed by atoms with Gasteiger partial charge in [-0.15, -0.1) is 0 Å². The molecule has 1 aliphatic heterocycles. The Balaban J connectivity index is 1.54. The van der Waals surface area contributed by atoms with Crippen LogP contribution in [0.4, 0.5) is 4.39 Å². The van der Waals surface area contributed by atoms with Gasteiger partial charge in [-0.2, -0.15) is 11.8 Å². The summed E-state index contributed by atoms with van der Waals surface area (Å²) in [5, 5.41) is 0.803. The standard InChI is InChI=1S/C23H25ClFNOS/c24-18-9-7-17(8-10-18)23(12-3-4-13-23)22(27)26-14-11-21(28-16-15-26)19-5-1-2-6-20(19)25/h1-2,5-10,21H,3-4,11-16H2. The van der Waals surface area contributed by atoms with E-state index in [9.17, 15) is 9.18 Å². The average Bonchev–Trinajstić information content (AvgIpc) is 3.08. The summed E-state index contributed by atoms with van der Waals surface area (Å²) in [4.78, 5) is 15.7. The number of nitrogens with zero attached hydrogens (tertiary/aromatic N) is 1. The van der Waals surface area contributed by atoms with Crippen LogP contribution in [-0.4, -0.2) is 29.6 Å². The Morgan fingerprint density at radius 1 is 1.07 bits per heavy atom. The molecule has 1 heterocycles. The molecule has 1 saturated carbocycles. The largest absolute Gasteiger partial charge is 0.341 e. The van der Waals surface area contributed by atoms with Crippen LogP contribution < -0.4 is 0 Å². The van der Waals surface area contributed by atoms with Gasteiger partial charge in [-0.25, -0.2) is 4.39 Å². The molecule has 0 radical (unpaired) electrons. The number of amides is 1. The summed E-state index contributed by atoms with van der Waals surface area (Å²) in [6.07, 6.45) is 4.74. The van der Waals surface area contributed by atoms with Gasteiger partial charge >= 0.3 is 0 Å². The van der Waals surface area contributed by atoms with Crippen LogP contribution in [-0.2, 0) is 10.2 Å². The Bertz CT molecular complexity index is 835. The van der Waals surface area contributed by atoms with Crippen molar-refractivity contribution in [2.24, 2.45) is 0 Å². The van der Waals surface area contributed by atoms with Crippen molar-refractivity contribution in [2.75, 3.05) is 18.8 Å². The van der Waals surface area contributed by atoms with Crippen LogP contribution in [0.2, 0.25) is 5.02 Å². The third-order valence-electron chi connectivity index (χ3n) is 6.14. The van der Waals surface area contributed by atoms with Gasteiger partial charge in [0.2, 0.25) is 5.91 Å². The summed E-state index contributed by atoms with van der Waals surface area (Å²) in [5.74, 6) is 0.928. The highest BCUT2D eigenvalue weighted by Crippen LogP contribution is 2.44. The molecule has 148 valence electrons. The van der Waals surface area contributed by atoms with Crippen LogP contribution in [0.5, 0.6) is 0 Å². The zero-order chi connectivity index (χ0) is 19.6. The molecule has 5 heteroatoms. The van der Waals surface area contributed by atoms with E-state index in [4.69, 9.17) is 11.6 Å². The van der Waals surface area contributed by atoms with Gasteiger partial charge in [0.25, 0.3) is 0 Å². The monoisotopic (exact) mass is 417 g/mol. The lowest BCUT2D eigenvalue weighted by atomic mass is 9.77. The third-order valence-corrected chi connectivity index (χ3v) is 7.71. The molecule has 4 rings (SSSR count). The maximum absolute atomic E-state index is 14.2. The van der Waals surface area contributed by atoms with E-state index >= 15 is 0 Å². The summed E-state index contributed by atoms with van der Waals surface area (Å²) in [5.41, 5.74) is 1.42. The molecule has 1 atom stereocenters. The van der Waals surface area contributed by atoms with E-state index in [2.05, 4.69) is 0 Å². The Kier molecular flexibility index (Phi) is 5.98. The summed E-state index contributed by atoms with van der Waals surface area (Å²) in [7, 11) is 0. The molecule has 0 bridgehead atoms. The van der Waals surface area contributed by atoms with Gasteiger partial charge in [0.15, 0.2) is 0 Å². The molecule has 2 aromatic carbocycles. The van der Waals surface area contributed by atoms with Gasteiger partial charge in [0.1, 0.15) is 5.82 Å². The summed E-state index contributed by atoms with van der Waals surface area (Å²) in [6, 6.07) is 14.8. The van der Waals surface area contributed by atoms with Crippen LogP contribution in [0.3, 0.4) is 0 Å². The Morgan fingerprint density at radius 2 is 1.79 bits per heavy atom. The molecule has 2 aliphatic rings. The number of hydrogen-bond donors (Lipinski definition) is 0. The smallest absolute Gasteiger partial charge is 0.233 e. The van der Waals surface area contributed by atoms with Crippen LogP contribution in [0.1, 0.15) is 48.5 Å². The minimum atomic E-state index is -0.424. The number of hydrogen-bond acceptors (Lipinski definition) is 2. The Labute approximate surface area is 175 Å². The van der Waals surface area contributed by atoms with Crippen LogP contribution in [0.15, 0.2) is 48.5 Å². The molecular formula is C23H25ClFNOS. The first kappa shape index (κ1) is 19.8. The minimum Gasteiger partial charge on any atom is -0.341 e. The predicted molar refractivity (Wildman–Crippen MR) is 114 cm³/mol. The topological polar surface area (TPSA) is 20.3 Å². The van der Waals surface area contributed by atoms with Gasteiger partial charge < -0.3 is 4.90 Å². The zero-order valence-electron chi connectivity index (χ0n) is 15.9. The molecule has 28 heavy (non-hydrogen) atoms. The van der Waals surface area contributed by atoms with Crippen molar-refractivity contribution in [3.05, 3.63) is 70.5 Å². The fourth-order valence-corrected chi connectivity index (χ4v) is 6.01. The van der Waals surface area contributed by atoms with Crippen molar-refractivity contribution in [3.8, 4) is 0 Å². The molecule has 2 nitrogen and oxygen atoms in total. The molecule has 0 N–H and O–H groups in total. The second-order valence-electron chi connectivity index (χ2n) is 7.76. The molecule has 1 saturated heterocycles. The molecule has 0 spiro atoms. The van der Waals surface area contributed by atoms with Crippen molar-refractivity contribution < 1.29 is 9.18 Å². The number of carbonyl (C=O) groups is 1. The highest BCUT2D eigenvalue weighted by Gasteiger charge is 2.45. The van der Waals surface area contributed by atoms with E-state index in [1.54, 1.807) is 17.8 Å². The van der Waals surface area contributed by atoms with Crippen LogP contribution in [0, 0.1) is 5.82 Å². The minimum absolute atomic E-state index is 0.106. The van der Waals surface area contributed by atoms with Crippen molar-refractivity contribution in [3.63, 3.8) is 0 Å². The molecular weight excluding hydrogens is 393 g/mol. The number of halogens is 2. The molecule has 1 aliphatic carbocycles. The summed E-state index contributed by atoms with van der Waals surface area (Å²) >= 11 is 7.83. The van der Waals surface area contributed by atoms with Crippen LogP contribution in [0.25, 0.3) is 0 Å². The quantitative estimate of drug-likeness (QED) is 0.610. The van der Waals surface area contributed by atoms with Gasteiger partial charge in [-0.1, -0.05) is 54.8 Å².